The lowest BCUT2D eigenvalue weighted by molar-refractivity contribution is -0.285. The normalized spacial score (nSPS) is 41.2. The Labute approximate surface area is 148 Å². The van der Waals surface area contributed by atoms with Gasteiger partial charge < -0.3 is 9.47 Å². The van der Waals surface area contributed by atoms with Crippen LogP contribution in [-0.2, 0) is 9.47 Å². The topological polar surface area (TPSA) is 114 Å². The second-order valence-electron chi connectivity index (χ2n) is 7.24. The SMILES string of the molecule is CC=CC1OC23CCC(CCC)CC2C(C#N)(C(=N)O3)C1(C#N)C#N. The van der Waals surface area contributed by atoms with Crippen molar-refractivity contribution in [3.8, 4) is 18.2 Å². The standard InChI is InChI=1S/C19H22N4O2/c1-3-5-13-7-8-19-14(9-13)18(12-22,16(23)25-19)17(10-20,11-21)15(24-19)6-4-2/h4,6,13-15,23H,3,5,7-9H2,1-2H3. The third kappa shape index (κ3) is 1.94. The molecule has 0 spiro atoms. The molecule has 0 amide bonds. The molecule has 130 valence electrons. The van der Waals surface area contributed by atoms with Crippen LogP contribution in [-0.4, -0.2) is 17.8 Å². The van der Waals surface area contributed by atoms with Gasteiger partial charge in [-0.3, -0.25) is 5.41 Å². The Morgan fingerprint density at radius 3 is 2.56 bits per heavy atom. The molecule has 0 aromatic rings. The van der Waals surface area contributed by atoms with Gasteiger partial charge in [0.15, 0.2) is 5.41 Å². The van der Waals surface area contributed by atoms with E-state index in [0.29, 0.717) is 18.8 Å². The Balaban J connectivity index is 2.20. The number of nitriles is 3. The summed E-state index contributed by atoms with van der Waals surface area (Å²) >= 11 is 0. The molecule has 5 atom stereocenters. The molecule has 5 unspecified atom stereocenters. The largest absolute Gasteiger partial charge is 0.447 e. The van der Waals surface area contributed by atoms with E-state index >= 15 is 0 Å². The maximum Gasteiger partial charge on any atom is 0.217 e. The van der Waals surface area contributed by atoms with Gasteiger partial charge in [0.2, 0.25) is 17.1 Å². The van der Waals surface area contributed by atoms with Crippen molar-refractivity contribution in [1.29, 1.82) is 21.2 Å². The molecule has 3 aliphatic rings. The molecule has 1 N–H and O–H groups in total. The molecule has 0 aromatic heterocycles. The van der Waals surface area contributed by atoms with Crippen molar-refractivity contribution in [3.63, 3.8) is 0 Å². The second kappa shape index (κ2) is 5.87. The van der Waals surface area contributed by atoms with Gasteiger partial charge >= 0.3 is 0 Å². The monoisotopic (exact) mass is 338 g/mol. The van der Waals surface area contributed by atoms with Crippen LogP contribution in [0.25, 0.3) is 0 Å². The van der Waals surface area contributed by atoms with Crippen molar-refractivity contribution in [3.05, 3.63) is 12.2 Å². The lowest BCUT2D eigenvalue weighted by Crippen LogP contribution is -2.63. The zero-order chi connectivity index (χ0) is 18.3. The summed E-state index contributed by atoms with van der Waals surface area (Å²) in [7, 11) is 0. The lowest BCUT2D eigenvalue weighted by Gasteiger charge is -2.52. The van der Waals surface area contributed by atoms with E-state index < -0.39 is 28.6 Å². The molecule has 3 fully saturated rings. The van der Waals surface area contributed by atoms with Crippen molar-refractivity contribution in [2.45, 2.75) is 57.8 Å². The van der Waals surface area contributed by atoms with E-state index in [-0.39, 0.29) is 5.90 Å². The molecule has 0 radical (unpaired) electrons. The van der Waals surface area contributed by atoms with Crippen LogP contribution in [0, 0.1) is 62.1 Å². The van der Waals surface area contributed by atoms with E-state index in [0.717, 1.165) is 19.3 Å². The molecule has 2 saturated heterocycles. The van der Waals surface area contributed by atoms with Crippen molar-refractivity contribution in [2.75, 3.05) is 0 Å². The third-order valence-electron chi connectivity index (χ3n) is 6.13. The summed E-state index contributed by atoms with van der Waals surface area (Å²) in [6.07, 6.45) is 6.62. The molecule has 25 heavy (non-hydrogen) atoms. The van der Waals surface area contributed by atoms with E-state index in [1.807, 2.05) is 12.1 Å². The maximum absolute atomic E-state index is 10.1. The van der Waals surface area contributed by atoms with Crippen molar-refractivity contribution in [1.82, 2.24) is 0 Å². The predicted octanol–water partition coefficient (Wildman–Crippen LogP) is 3.43. The highest BCUT2D eigenvalue weighted by atomic mass is 16.7. The van der Waals surface area contributed by atoms with Gasteiger partial charge in [0.1, 0.15) is 6.10 Å². The van der Waals surface area contributed by atoms with Gasteiger partial charge in [-0.2, -0.15) is 15.8 Å². The van der Waals surface area contributed by atoms with E-state index in [2.05, 4.69) is 13.0 Å². The number of hydrogen-bond acceptors (Lipinski definition) is 6. The van der Waals surface area contributed by atoms with Crippen LogP contribution >= 0.6 is 0 Å². The van der Waals surface area contributed by atoms with E-state index in [1.54, 1.807) is 19.1 Å². The predicted molar refractivity (Wildman–Crippen MR) is 88.7 cm³/mol. The Morgan fingerprint density at radius 1 is 1.28 bits per heavy atom. The Kier molecular flexibility index (Phi) is 4.10. The molecule has 2 aliphatic heterocycles. The van der Waals surface area contributed by atoms with Crippen molar-refractivity contribution in [2.24, 2.45) is 22.7 Å². The van der Waals surface area contributed by atoms with Crippen LogP contribution in [0.5, 0.6) is 0 Å². The molecular formula is C19H22N4O2. The minimum Gasteiger partial charge on any atom is -0.447 e. The Morgan fingerprint density at radius 2 is 2.00 bits per heavy atom. The fourth-order valence-corrected chi connectivity index (χ4v) is 4.97. The highest BCUT2D eigenvalue weighted by Gasteiger charge is 2.80. The summed E-state index contributed by atoms with van der Waals surface area (Å²) in [6, 6.07) is 6.28. The molecule has 1 aliphatic carbocycles. The van der Waals surface area contributed by atoms with Gasteiger partial charge in [-0.25, -0.2) is 0 Å². The van der Waals surface area contributed by atoms with Crippen LogP contribution in [0.3, 0.4) is 0 Å². The second-order valence-corrected chi connectivity index (χ2v) is 7.24. The minimum atomic E-state index is -1.79. The molecule has 2 heterocycles. The van der Waals surface area contributed by atoms with Crippen LogP contribution in [0.2, 0.25) is 0 Å². The fourth-order valence-electron chi connectivity index (χ4n) is 4.97. The van der Waals surface area contributed by atoms with Crippen LogP contribution < -0.4 is 0 Å². The minimum absolute atomic E-state index is 0.285. The summed E-state index contributed by atoms with van der Waals surface area (Å²) in [4.78, 5) is 0. The maximum atomic E-state index is 10.1. The summed E-state index contributed by atoms with van der Waals surface area (Å²) in [5, 5.41) is 38.4. The first-order chi connectivity index (χ1) is 12.0. The summed E-state index contributed by atoms with van der Waals surface area (Å²) < 4.78 is 12.0. The van der Waals surface area contributed by atoms with E-state index in [9.17, 15) is 15.8 Å². The number of rotatable bonds is 3. The summed E-state index contributed by atoms with van der Waals surface area (Å²) in [5.41, 5.74) is -3.38. The van der Waals surface area contributed by atoms with Gasteiger partial charge in [-0.15, -0.1) is 0 Å². The highest BCUT2D eigenvalue weighted by Crippen LogP contribution is 2.67. The smallest absolute Gasteiger partial charge is 0.217 e. The Bertz CT molecular complexity index is 726. The quantitative estimate of drug-likeness (QED) is 0.792. The first kappa shape index (κ1) is 17.5. The first-order valence-corrected chi connectivity index (χ1v) is 8.82. The molecule has 2 bridgehead atoms. The van der Waals surface area contributed by atoms with Crippen LogP contribution in [0.4, 0.5) is 0 Å². The zero-order valence-electron chi connectivity index (χ0n) is 14.6. The average molecular weight is 338 g/mol. The van der Waals surface area contributed by atoms with E-state index in [4.69, 9.17) is 14.9 Å². The van der Waals surface area contributed by atoms with Gasteiger partial charge in [-0.05, 0) is 25.7 Å². The van der Waals surface area contributed by atoms with Crippen LogP contribution in [0.15, 0.2) is 12.2 Å². The molecule has 1 saturated carbocycles. The molecule has 6 nitrogen and oxygen atoms in total. The number of hydrogen-bond donors (Lipinski definition) is 1. The summed E-state index contributed by atoms with van der Waals surface area (Å²) in [6.45, 7) is 3.89. The molecule has 3 rings (SSSR count). The van der Waals surface area contributed by atoms with Gasteiger partial charge in [0.05, 0.1) is 24.1 Å². The zero-order valence-corrected chi connectivity index (χ0v) is 14.6. The average Bonchev–Trinajstić information content (AvgIpc) is 2.81. The van der Waals surface area contributed by atoms with E-state index in [1.165, 1.54) is 0 Å². The van der Waals surface area contributed by atoms with Gasteiger partial charge in [0, 0.05) is 6.42 Å². The number of ether oxygens (including phenoxy) is 2. The van der Waals surface area contributed by atoms with Crippen LogP contribution in [0.1, 0.15) is 46.0 Å². The highest BCUT2D eigenvalue weighted by molar-refractivity contribution is 5.89. The number of nitrogens with zero attached hydrogens (tertiary/aromatic N) is 3. The van der Waals surface area contributed by atoms with Gasteiger partial charge in [-0.1, -0.05) is 31.9 Å². The number of allylic oxidation sites excluding steroid dienone is 1. The fraction of sp³-hybridized carbons (Fsp3) is 0.684. The Hall–Kier alpha value is -2.36. The van der Waals surface area contributed by atoms with Crippen molar-refractivity contribution < 1.29 is 9.47 Å². The van der Waals surface area contributed by atoms with Gasteiger partial charge in [0.25, 0.3) is 0 Å². The van der Waals surface area contributed by atoms with Crippen molar-refractivity contribution >= 4 is 5.90 Å². The number of nitrogens with one attached hydrogen (secondary N) is 1. The summed E-state index contributed by atoms with van der Waals surface area (Å²) in [5.74, 6) is -1.43. The molecule has 0 aromatic carbocycles. The first-order valence-electron chi connectivity index (χ1n) is 8.82. The third-order valence-corrected chi connectivity index (χ3v) is 6.13. The molecule has 6 heteroatoms. The molecular weight excluding hydrogens is 316 g/mol. The lowest BCUT2D eigenvalue weighted by atomic mass is 9.51.